The maximum Gasteiger partial charge on any atom is 0.228 e. The molecule has 1 amide bonds. The fourth-order valence-electron chi connectivity index (χ4n) is 4.96. The minimum Gasteiger partial charge on any atom is -0.381 e. The third-order valence-corrected chi connectivity index (χ3v) is 9.38. The van der Waals surface area contributed by atoms with Crippen LogP contribution in [0.3, 0.4) is 0 Å². The standard InChI is InChI=1S/C23H33N5O4S/c1-23(2,3)33(30,31)17-6-4-16(5-7-17)26-21-20-19(8-11-25-22(20)29)28(27-21)18-10-13-32-12-9-15(18)14-24/h4-7,15,18-21,26-27H,8-13H2,1-3H3,(H,25,29)/t15-,18+,19?,20?,21?/m1/s1. The van der Waals surface area contributed by atoms with Gasteiger partial charge in [-0.3, -0.25) is 4.79 Å². The first-order valence-electron chi connectivity index (χ1n) is 11.5. The summed E-state index contributed by atoms with van der Waals surface area (Å²) in [5.74, 6) is -0.532. The number of piperidine rings is 1. The van der Waals surface area contributed by atoms with Crippen molar-refractivity contribution >= 4 is 21.4 Å². The molecule has 3 aliphatic rings. The first kappa shape index (κ1) is 24.0. The molecule has 10 heteroatoms. The van der Waals surface area contributed by atoms with E-state index in [1.54, 1.807) is 45.0 Å². The summed E-state index contributed by atoms with van der Waals surface area (Å²) in [5.41, 5.74) is 4.20. The van der Waals surface area contributed by atoms with Crippen molar-refractivity contribution in [3.63, 3.8) is 0 Å². The third-order valence-electron chi connectivity index (χ3n) is 6.87. The summed E-state index contributed by atoms with van der Waals surface area (Å²) in [6.45, 7) is 6.81. The molecule has 180 valence electrons. The lowest BCUT2D eigenvalue weighted by Gasteiger charge is -2.36. The zero-order valence-corrected chi connectivity index (χ0v) is 20.2. The zero-order chi connectivity index (χ0) is 23.8. The van der Waals surface area contributed by atoms with E-state index in [2.05, 4.69) is 27.1 Å². The van der Waals surface area contributed by atoms with Gasteiger partial charge in [0.05, 0.1) is 27.5 Å². The van der Waals surface area contributed by atoms with Crippen LogP contribution >= 0.6 is 0 Å². The van der Waals surface area contributed by atoms with E-state index >= 15 is 0 Å². The van der Waals surface area contributed by atoms with Gasteiger partial charge in [0.15, 0.2) is 9.84 Å². The number of hydrogen-bond donors (Lipinski definition) is 3. The van der Waals surface area contributed by atoms with Crippen LogP contribution in [0.5, 0.6) is 0 Å². The summed E-state index contributed by atoms with van der Waals surface area (Å²) < 4.78 is 30.2. The molecule has 0 aliphatic carbocycles. The fourth-order valence-corrected chi connectivity index (χ4v) is 6.16. The Morgan fingerprint density at radius 3 is 2.48 bits per heavy atom. The highest BCUT2D eigenvalue weighted by molar-refractivity contribution is 7.92. The highest BCUT2D eigenvalue weighted by Gasteiger charge is 2.51. The van der Waals surface area contributed by atoms with Crippen molar-refractivity contribution < 1.29 is 17.9 Å². The van der Waals surface area contributed by atoms with E-state index in [9.17, 15) is 18.5 Å². The van der Waals surface area contributed by atoms with Crippen molar-refractivity contribution in [1.29, 1.82) is 5.26 Å². The van der Waals surface area contributed by atoms with Gasteiger partial charge in [-0.1, -0.05) is 0 Å². The molecule has 3 aliphatic heterocycles. The second-order valence-electron chi connectivity index (χ2n) is 9.96. The first-order chi connectivity index (χ1) is 15.6. The Bertz CT molecular complexity index is 1010. The average molecular weight is 476 g/mol. The number of sulfone groups is 1. The molecule has 0 aromatic heterocycles. The second-order valence-corrected chi connectivity index (χ2v) is 12.7. The van der Waals surface area contributed by atoms with E-state index in [4.69, 9.17) is 4.74 Å². The van der Waals surface area contributed by atoms with Gasteiger partial charge in [-0.05, 0) is 64.3 Å². The number of rotatable bonds is 4. The van der Waals surface area contributed by atoms with E-state index in [0.717, 1.165) is 18.5 Å². The zero-order valence-electron chi connectivity index (χ0n) is 19.4. The molecule has 3 saturated heterocycles. The Hall–Kier alpha value is -2.19. The van der Waals surface area contributed by atoms with Crippen LogP contribution in [0.1, 0.15) is 40.0 Å². The Morgan fingerprint density at radius 1 is 1.12 bits per heavy atom. The number of carbonyl (C=O) groups is 1. The highest BCUT2D eigenvalue weighted by atomic mass is 32.2. The highest BCUT2D eigenvalue weighted by Crippen LogP contribution is 2.34. The van der Waals surface area contributed by atoms with Crippen LogP contribution in [0, 0.1) is 23.2 Å². The predicted octanol–water partition coefficient (Wildman–Crippen LogP) is 1.64. The van der Waals surface area contributed by atoms with Gasteiger partial charge in [0.2, 0.25) is 5.91 Å². The summed E-state index contributed by atoms with van der Waals surface area (Å²) in [6.07, 6.45) is 1.82. The normalized spacial score (nSPS) is 31.2. The summed E-state index contributed by atoms with van der Waals surface area (Å²) in [7, 11) is -3.44. The maximum atomic E-state index is 12.8. The van der Waals surface area contributed by atoms with Crippen LogP contribution in [0.4, 0.5) is 5.69 Å². The molecule has 3 N–H and O–H groups in total. The predicted molar refractivity (Wildman–Crippen MR) is 124 cm³/mol. The number of nitriles is 1. The van der Waals surface area contributed by atoms with Gasteiger partial charge < -0.3 is 15.4 Å². The lowest BCUT2D eigenvalue weighted by Crippen LogP contribution is -2.53. The molecule has 0 bridgehead atoms. The molecule has 0 saturated carbocycles. The van der Waals surface area contributed by atoms with Crippen LogP contribution in [-0.2, 0) is 19.4 Å². The van der Waals surface area contributed by atoms with Crippen LogP contribution in [0.2, 0.25) is 0 Å². The molecule has 5 atom stereocenters. The van der Waals surface area contributed by atoms with Gasteiger partial charge in [0.25, 0.3) is 0 Å². The molecule has 1 aromatic rings. The molecule has 9 nitrogen and oxygen atoms in total. The van der Waals surface area contributed by atoms with Crippen LogP contribution in [0.15, 0.2) is 29.2 Å². The third kappa shape index (κ3) is 4.60. The van der Waals surface area contributed by atoms with Crippen molar-refractivity contribution in [1.82, 2.24) is 15.8 Å². The number of nitrogens with one attached hydrogen (secondary N) is 3. The minimum atomic E-state index is -3.44. The average Bonchev–Trinajstić information content (AvgIpc) is 2.97. The second kappa shape index (κ2) is 9.22. The van der Waals surface area contributed by atoms with Gasteiger partial charge in [0.1, 0.15) is 6.17 Å². The molecule has 3 unspecified atom stereocenters. The topological polar surface area (TPSA) is 124 Å². The Balaban J connectivity index is 1.56. The monoisotopic (exact) mass is 475 g/mol. The Labute approximate surface area is 195 Å². The van der Waals surface area contributed by atoms with Gasteiger partial charge in [0, 0.05) is 37.5 Å². The summed E-state index contributed by atoms with van der Waals surface area (Å²) in [5, 5.41) is 18.2. The molecular formula is C23H33N5O4S. The van der Waals surface area contributed by atoms with Gasteiger partial charge >= 0.3 is 0 Å². The number of fused-ring (bicyclic) bond motifs is 1. The Kier molecular flexibility index (Phi) is 6.69. The molecule has 33 heavy (non-hydrogen) atoms. The number of carbonyl (C=O) groups excluding carboxylic acids is 1. The molecular weight excluding hydrogens is 442 g/mol. The van der Waals surface area contributed by atoms with E-state index in [1.165, 1.54) is 0 Å². The van der Waals surface area contributed by atoms with Crippen LogP contribution in [0.25, 0.3) is 0 Å². The molecule has 0 radical (unpaired) electrons. The summed E-state index contributed by atoms with van der Waals surface area (Å²) >= 11 is 0. The van der Waals surface area contributed by atoms with Crippen molar-refractivity contribution in [2.75, 3.05) is 25.1 Å². The van der Waals surface area contributed by atoms with Crippen molar-refractivity contribution in [3.05, 3.63) is 24.3 Å². The molecule has 0 spiro atoms. The van der Waals surface area contributed by atoms with Crippen molar-refractivity contribution in [2.24, 2.45) is 11.8 Å². The van der Waals surface area contributed by atoms with E-state index < -0.39 is 14.6 Å². The quantitative estimate of drug-likeness (QED) is 0.601. The number of amides is 1. The largest absolute Gasteiger partial charge is 0.381 e. The fraction of sp³-hybridized carbons (Fsp3) is 0.652. The van der Waals surface area contributed by atoms with Crippen LogP contribution < -0.4 is 16.1 Å². The summed E-state index contributed by atoms with van der Waals surface area (Å²) in [6, 6.07) is 9.03. The number of ether oxygens (including phenoxy) is 1. The molecule has 4 rings (SSSR count). The number of anilines is 1. The lowest BCUT2D eigenvalue weighted by molar-refractivity contribution is -0.128. The number of hydrogen-bond acceptors (Lipinski definition) is 8. The number of nitrogens with zero attached hydrogens (tertiary/aromatic N) is 2. The molecule has 3 heterocycles. The molecule has 1 aromatic carbocycles. The van der Waals surface area contributed by atoms with Gasteiger partial charge in [-0.15, -0.1) is 0 Å². The molecule has 3 fully saturated rings. The SMILES string of the molecule is CC(C)(C)S(=O)(=O)c1ccc(NC2NN([C@H]3CCOCC[C@@H]3C#N)C3CCNC(=O)C23)cc1. The lowest BCUT2D eigenvalue weighted by atomic mass is 9.88. The van der Waals surface area contributed by atoms with Crippen LogP contribution in [-0.4, -0.2) is 62.1 Å². The van der Waals surface area contributed by atoms with Gasteiger partial charge in [-0.25, -0.2) is 18.9 Å². The maximum absolute atomic E-state index is 12.8. The van der Waals surface area contributed by atoms with E-state index in [0.29, 0.717) is 26.2 Å². The first-order valence-corrected chi connectivity index (χ1v) is 13.0. The van der Waals surface area contributed by atoms with E-state index in [1.807, 2.05) is 0 Å². The van der Waals surface area contributed by atoms with Crippen molar-refractivity contribution in [3.8, 4) is 6.07 Å². The smallest absolute Gasteiger partial charge is 0.228 e. The Morgan fingerprint density at radius 2 is 1.82 bits per heavy atom. The number of benzene rings is 1. The minimum absolute atomic E-state index is 0.0240. The van der Waals surface area contributed by atoms with Gasteiger partial charge in [-0.2, -0.15) is 5.26 Å². The number of hydrazine groups is 1. The van der Waals surface area contributed by atoms with E-state index in [-0.39, 0.29) is 40.9 Å². The van der Waals surface area contributed by atoms with Crippen molar-refractivity contribution in [2.45, 2.75) is 67.9 Å². The summed E-state index contributed by atoms with van der Waals surface area (Å²) in [4.78, 5) is 13.1.